The molecule has 5 nitrogen and oxygen atoms in total. The Balaban J connectivity index is 2.61. The van der Waals surface area contributed by atoms with E-state index in [0.29, 0.717) is 13.1 Å². The zero-order chi connectivity index (χ0) is 12.9. The van der Waals surface area contributed by atoms with Crippen molar-refractivity contribution < 1.29 is 14.6 Å². The van der Waals surface area contributed by atoms with E-state index in [-0.39, 0.29) is 11.5 Å². The van der Waals surface area contributed by atoms with Gasteiger partial charge in [-0.2, -0.15) is 0 Å². The lowest BCUT2D eigenvalue weighted by atomic mass is 10.0. The molecule has 1 aliphatic heterocycles. The largest absolute Gasteiger partial charge is 0.481 e. The number of carboxylic acid groups (broad SMARTS) is 1. The predicted octanol–water partition coefficient (Wildman–Crippen LogP) is 0.408. The third-order valence-corrected chi connectivity index (χ3v) is 3.37. The molecule has 1 atom stereocenters. The van der Waals surface area contributed by atoms with Crippen LogP contribution in [-0.4, -0.2) is 61.4 Å². The minimum atomic E-state index is -0.716. The molecular weight excluding hydrogens is 220 g/mol. The van der Waals surface area contributed by atoms with Crippen molar-refractivity contribution in [2.45, 2.75) is 25.8 Å². The first-order valence-corrected chi connectivity index (χ1v) is 6.15. The van der Waals surface area contributed by atoms with Crippen LogP contribution in [0.2, 0.25) is 0 Å². The number of aliphatic carboxylic acids is 1. The van der Waals surface area contributed by atoms with Crippen molar-refractivity contribution in [2.75, 3.05) is 39.9 Å². The molecule has 1 saturated heterocycles. The van der Waals surface area contributed by atoms with Gasteiger partial charge in [-0.1, -0.05) is 0 Å². The molecule has 2 N–H and O–H groups in total. The van der Waals surface area contributed by atoms with Crippen LogP contribution in [0.15, 0.2) is 0 Å². The second kappa shape index (κ2) is 6.33. The molecule has 1 rings (SSSR count). The highest BCUT2D eigenvalue weighted by atomic mass is 16.5. The standard InChI is InChI=1S/C12H24N2O3/c1-12(2)9-13-7-10(11(15)16)8-14(12)5-4-6-17-3/h10,13H,4-9H2,1-3H3,(H,15,16). The van der Waals surface area contributed by atoms with Gasteiger partial charge >= 0.3 is 5.97 Å². The maximum Gasteiger partial charge on any atom is 0.309 e. The quantitative estimate of drug-likeness (QED) is 0.686. The number of nitrogens with one attached hydrogen (secondary N) is 1. The Morgan fingerprint density at radius 1 is 1.59 bits per heavy atom. The second-order valence-electron chi connectivity index (χ2n) is 5.27. The van der Waals surface area contributed by atoms with E-state index < -0.39 is 5.97 Å². The zero-order valence-electron chi connectivity index (χ0n) is 11.0. The monoisotopic (exact) mass is 244 g/mol. The van der Waals surface area contributed by atoms with E-state index in [1.54, 1.807) is 7.11 Å². The lowest BCUT2D eigenvalue weighted by Gasteiger charge is -2.37. The summed E-state index contributed by atoms with van der Waals surface area (Å²) < 4.78 is 5.05. The van der Waals surface area contributed by atoms with E-state index in [9.17, 15) is 4.79 Å². The van der Waals surface area contributed by atoms with Gasteiger partial charge in [-0.3, -0.25) is 9.69 Å². The van der Waals surface area contributed by atoms with Crippen LogP contribution in [0.1, 0.15) is 20.3 Å². The van der Waals surface area contributed by atoms with Crippen molar-refractivity contribution in [3.05, 3.63) is 0 Å². The average Bonchev–Trinajstić information content (AvgIpc) is 2.38. The van der Waals surface area contributed by atoms with Gasteiger partial charge in [0, 0.05) is 45.4 Å². The summed E-state index contributed by atoms with van der Waals surface area (Å²) in [6, 6.07) is 0. The Kier molecular flexibility index (Phi) is 5.36. The highest BCUT2D eigenvalue weighted by molar-refractivity contribution is 5.70. The number of carboxylic acids is 1. The Hall–Kier alpha value is -0.650. The fourth-order valence-corrected chi connectivity index (χ4v) is 2.20. The van der Waals surface area contributed by atoms with Crippen LogP contribution in [0.25, 0.3) is 0 Å². The minimum absolute atomic E-state index is 0.00204. The molecule has 0 aliphatic carbocycles. The Morgan fingerprint density at radius 3 is 2.88 bits per heavy atom. The van der Waals surface area contributed by atoms with Gasteiger partial charge in [0.15, 0.2) is 0 Å². The molecule has 100 valence electrons. The molecule has 17 heavy (non-hydrogen) atoms. The summed E-state index contributed by atoms with van der Waals surface area (Å²) in [5, 5.41) is 12.4. The van der Waals surface area contributed by atoms with Gasteiger partial charge in [-0.05, 0) is 20.3 Å². The van der Waals surface area contributed by atoms with E-state index in [4.69, 9.17) is 9.84 Å². The lowest BCUT2D eigenvalue weighted by Crippen LogP contribution is -2.49. The summed E-state index contributed by atoms with van der Waals surface area (Å²) in [5.74, 6) is -1.04. The number of methoxy groups -OCH3 is 1. The summed E-state index contributed by atoms with van der Waals surface area (Å²) in [5.41, 5.74) is -0.00204. The molecule has 0 amide bonds. The van der Waals surface area contributed by atoms with Gasteiger partial charge in [-0.15, -0.1) is 0 Å². The van der Waals surface area contributed by atoms with Crippen LogP contribution in [0, 0.1) is 5.92 Å². The maximum atomic E-state index is 11.1. The summed E-state index contributed by atoms with van der Waals surface area (Å²) in [6.45, 7) is 7.89. The third kappa shape index (κ3) is 4.26. The molecule has 1 fully saturated rings. The first kappa shape index (κ1) is 14.4. The molecule has 5 heteroatoms. The Bertz CT molecular complexity index is 256. The topological polar surface area (TPSA) is 61.8 Å². The average molecular weight is 244 g/mol. The van der Waals surface area contributed by atoms with Crippen molar-refractivity contribution in [1.29, 1.82) is 0 Å². The fourth-order valence-electron chi connectivity index (χ4n) is 2.20. The number of ether oxygens (including phenoxy) is 1. The number of nitrogens with zero attached hydrogens (tertiary/aromatic N) is 1. The summed E-state index contributed by atoms with van der Waals surface area (Å²) in [7, 11) is 1.69. The lowest BCUT2D eigenvalue weighted by molar-refractivity contribution is -0.142. The molecule has 1 aliphatic rings. The zero-order valence-corrected chi connectivity index (χ0v) is 11.0. The molecule has 0 aromatic rings. The highest BCUT2D eigenvalue weighted by Crippen LogP contribution is 2.19. The van der Waals surface area contributed by atoms with Crippen molar-refractivity contribution in [3.63, 3.8) is 0 Å². The van der Waals surface area contributed by atoms with E-state index >= 15 is 0 Å². The van der Waals surface area contributed by atoms with E-state index in [1.165, 1.54) is 0 Å². The predicted molar refractivity (Wildman–Crippen MR) is 66.1 cm³/mol. The Labute approximate surface area is 103 Å². The summed E-state index contributed by atoms with van der Waals surface area (Å²) >= 11 is 0. The first-order valence-electron chi connectivity index (χ1n) is 6.15. The van der Waals surface area contributed by atoms with Crippen LogP contribution < -0.4 is 5.32 Å². The minimum Gasteiger partial charge on any atom is -0.481 e. The smallest absolute Gasteiger partial charge is 0.309 e. The van der Waals surface area contributed by atoms with Crippen LogP contribution in [0.4, 0.5) is 0 Å². The molecular formula is C12H24N2O3. The summed E-state index contributed by atoms with van der Waals surface area (Å²) in [6.07, 6.45) is 0.937. The van der Waals surface area contributed by atoms with Gasteiger partial charge in [0.05, 0.1) is 5.92 Å². The van der Waals surface area contributed by atoms with Crippen molar-refractivity contribution in [3.8, 4) is 0 Å². The normalized spacial score (nSPS) is 25.5. The molecule has 0 radical (unpaired) electrons. The SMILES string of the molecule is COCCCN1CC(C(=O)O)CNCC1(C)C. The maximum absolute atomic E-state index is 11.1. The van der Waals surface area contributed by atoms with Crippen molar-refractivity contribution in [1.82, 2.24) is 10.2 Å². The van der Waals surface area contributed by atoms with Gasteiger partial charge < -0.3 is 15.2 Å². The summed E-state index contributed by atoms with van der Waals surface area (Å²) in [4.78, 5) is 13.4. The number of hydrogen-bond acceptors (Lipinski definition) is 4. The third-order valence-electron chi connectivity index (χ3n) is 3.37. The molecule has 0 aromatic carbocycles. The molecule has 0 bridgehead atoms. The van der Waals surface area contributed by atoms with Crippen molar-refractivity contribution in [2.24, 2.45) is 5.92 Å². The van der Waals surface area contributed by atoms with Gasteiger partial charge in [0.25, 0.3) is 0 Å². The first-order chi connectivity index (χ1) is 7.97. The van der Waals surface area contributed by atoms with E-state index in [0.717, 1.165) is 26.1 Å². The number of hydrogen-bond donors (Lipinski definition) is 2. The van der Waals surface area contributed by atoms with Gasteiger partial charge in [0.2, 0.25) is 0 Å². The van der Waals surface area contributed by atoms with Crippen LogP contribution >= 0.6 is 0 Å². The van der Waals surface area contributed by atoms with Crippen LogP contribution in [-0.2, 0) is 9.53 Å². The van der Waals surface area contributed by atoms with Crippen molar-refractivity contribution >= 4 is 5.97 Å². The van der Waals surface area contributed by atoms with E-state index in [1.807, 2.05) is 0 Å². The Morgan fingerprint density at radius 2 is 2.29 bits per heavy atom. The van der Waals surface area contributed by atoms with E-state index in [2.05, 4.69) is 24.1 Å². The molecule has 1 heterocycles. The highest BCUT2D eigenvalue weighted by Gasteiger charge is 2.33. The van der Waals surface area contributed by atoms with Crippen LogP contribution in [0.3, 0.4) is 0 Å². The molecule has 1 unspecified atom stereocenters. The second-order valence-corrected chi connectivity index (χ2v) is 5.27. The number of rotatable bonds is 5. The molecule has 0 aromatic heterocycles. The molecule has 0 spiro atoms. The molecule has 0 saturated carbocycles. The fraction of sp³-hybridized carbons (Fsp3) is 0.917. The van der Waals surface area contributed by atoms with Gasteiger partial charge in [-0.25, -0.2) is 0 Å². The number of carbonyl (C=O) groups is 1. The van der Waals surface area contributed by atoms with Crippen LogP contribution in [0.5, 0.6) is 0 Å². The van der Waals surface area contributed by atoms with Gasteiger partial charge in [0.1, 0.15) is 0 Å².